The van der Waals surface area contributed by atoms with E-state index in [-0.39, 0.29) is 6.42 Å². The summed E-state index contributed by atoms with van der Waals surface area (Å²) in [6, 6.07) is -2.45. The summed E-state index contributed by atoms with van der Waals surface area (Å²) in [5.74, 6) is -2.55. The molecule has 142 valence electrons. The van der Waals surface area contributed by atoms with Gasteiger partial charge in [0.1, 0.15) is 12.1 Å². The Balaban J connectivity index is 2.38. The lowest BCUT2D eigenvalue weighted by atomic mass is 10.1. The third-order valence-corrected chi connectivity index (χ3v) is 6.67. The molecule has 2 amide bonds. The van der Waals surface area contributed by atoms with Crippen LogP contribution < -0.4 is 10.6 Å². The SMILES string of the molecule is C[C@@H](NC(=O)C(CC(=O)O)NC(=O)CCCCC1CCSS1)C(=O)O. The minimum atomic E-state index is -1.28. The lowest BCUT2D eigenvalue weighted by Gasteiger charge is -2.18. The molecule has 8 nitrogen and oxygen atoms in total. The van der Waals surface area contributed by atoms with Crippen molar-refractivity contribution in [2.24, 2.45) is 0 Å². The zero-order chi connectivity index (χ0) is 18.8. The van der Waals surface area contributed by atoms with Crippen molar-refractivity contribution >= 4 is 45.3 Å². The van der Waals surface area contributed by atoms with Crippen molar-refractivity contribution in [3.63, 3.8) is 0 Å². The predicted molar refractivity (Wildman–Crippen MR) is 96.3 cm³/mol. The molecule has 0 aromatic rings. The number of amides is 2. The van der Waals surface area contributed by atoms with Crippen LogP contribution >= 0.6 is 21.6 Å². The van der Waals surface area contributed by atoms with Gasteiger partial charge in [-0.1, -0.05) is 28.0 Å². The van der Waals surface area contributed by atoms with E-state index in [1.165, 1.54) is 13.3 Å². The van der Waals surface area contributed by atoms with Gasteiger partial charge in [0.05, 0.1) is 6.42 Å². The molecule has 0 radical (unpaired) electrons. The summed E-state index contributed by atoms with van der Waals surface area (Å²) >= 11 is 0. The molecule has 0 aliphatic carbocycles. The first-order valence-corrected chi connectivity index (χ1v) is 10.5. The van der Waals surface area contributed by atoms with Crippen molar-refractivity contribution < 1.29 is 29.4 Å². The number of aliphatic carboxylic acids is 2. The molecule has 0 bridgehead atoms. The molecule has 2 unspecified atom stereocenters. The van der Waals surface area contributed by atoms with Crippen LogP contribution in [-0.4, -0.2) is 57.1 Å². The molecule has 1 fully saturated rings. The van der Waals surface area contributed by atoms with Gasteiger partial charge in [0.15, 0.2) is 0 Å². The molecule has 1 heterocycles. The second kappa shape index (κ2) is 11.2. The van der Waals surface area contributed by atoms with Crippen molar-refractivity contribution in [3.05, 3.63) is 0 Å². The number of carboxylic acids is 2. The van der Waals surface area contributed by atoms with E-state index < -0.39 is 42.3 Å². The van der Waals surface area contributed by atoms with Crippen LogP contribution in [0.15, 0.2) is 0 Å². The maximum absolute atomic E-state index is 12.0. The molecule has 1 aliphatic heterocycles. The van der Waals surface area contributed by atoms with E-state index in [4.69, 9.17) is 10.2 Å². The summed E-state index contributed by atoms with van der Waals surface area (Å²) in [5.41, 5.74) is 0. The summed E-state index contributed by atoms with van der Waals surface area (Å²) in [6.45, 7) is 1.26. The van der Waals surface area contributed by atoms with Crippen LogP contribution in [0.25, 0.3) is 0 Å². The van der Waals surface area contributed by atoms with Crippen LogP contribution in [0.5, 0.6) is 0 Å². The zero-order valence-electron chi connectivity index (χ0n) is 14.0. The van der Waals surface area contributed by atoms with Crippen LogP contribution in [-0.2, 0) is 19.2 Å². The van der Waals surface area contributed by atoms with E-state index in [0.717, 1.165) is 18.6 Å². The smallest absolute Gasteiger partial charge is 0.325 e. The molecule has 4 N–H and O–H groups in total. The van der Waals surface area contributed by atoms with Gasteiger partial charge in [0.2, 0.25) is 11.8 Å². The molecule has 1 aliphatic rings. The topological polar surface area (TPSA) is 133 Å². The normalized spacial score (nSPS) is 19.0. The third kappa shape index (κ3) is 9.01. The highest BCUT2D eigenvalue weighted by Crippen LogP contribution is 2.39. The van der Waals surface area contributed by atoms with Crippen LogP contribution in [0.1, 0.15) is 45.4 Å². The van der Waals surface area contributed by atoms with Gasteiger partial charge in [-0.25, -0.2) is 0 Å². The third-order valence-electron chi connectivity index (χ3n) is 3.67. The monoisotopic (exact) mass is 392 g/mol. The summed E-state index contributed by atoms with van der Waals surface area (Å²) in [5, 5.41) is 22.9. The van der Waals surface area contributed by atoms with Gasteiger partial charge in [0, 0.05) is 17.4 Å². The second-order valence-corrected chi connectivity index (χ2v) is 8.65. The molecule has 10 heteroatoms. The highest BCUT2D eigenvalue weighted by Gasteiger charge is 2.26. The van der Waals surface area contributed by atoms with E-state index in [1.54, 1.807) is 0 Å². The Hall–Kier alpha value is -1.42. The Morgan fingerprint density at radius 2 is 1.88 bits per heavy atom. The predicted octanol–water partition coefficient (Wildman–Crippen LogP) is 1.25. The Morgan fingerprint density at radius 1 is 1.16 bits per heavy atom. The lowest BCUT2D eigenvalue weighted by Crippen LogP contribution is -2.51. The molecule has 0 aromatic carbocycles. The molecule has 0 spiro atoms. The van der Waals surface area contributed by atoms with Crippen LogP contribution in [0.4, 0.5) is 0 Å². The number of carbonyl (C=O) groups excluding carboxylic acids is 2. The zero-order valence-corrected chi connectivity index (χ0v) is 15.7. The first-order chi connectivity index (χ1) is 11.8. The molecule has 25 heavy (non-hydrogen) atoms. The van der Waals surface area contributed by atoms with Gasteiger partial charge in [-0.3, -0.25) is 19.2 Å². The highest BCUT2D eigenvalue weighted by atomic mass is 33.1. The number of nitrogens with one attached hydrogen (secondary N) is 2. The standard InChI is InChI=1S/C15H24N2O6S2/c1-9(15(22)23)16-14(21)11(8-13(19)20)17-12(18)5-3-2-4-10-6-7-24-25-10/h9-11H,2-8H2,1H3,(H,16,21)(H,17,18)(H,19,20)(H,22,23)/t9-,10?,11?/m1/s1. The van der Waals surface area contributed by atoms with E-state index in [1.807, 2.05) is 21.6 Å². The number of rotatable bonds is 11. The minimum Gasteiger partial charge on any atom is -0.481 e. The van der Waals surface area contributed by atoms with Crippen molar-refractivity contribution in [3.8, 4) is 0 Å². The Bertz CT molecular complexity index is 496. The summed E-state index contributed by atoms with van der Waals surface area (Å²) in [6.07, 6.45) is 3.41. The maximum Gasteiger partial charge on any atom is 0.325 e. The van der Waals surface area contributed by atoms with Crippen molar-refractivity contribution in [1.29, 1.82) is 0 Å². The van der Waals surface area contributed by atoms with E-state index in [2.05, 4.69) is 10.6 Å². The first-order valence-electron chi connectivity index (χ1n) is 8.12. The molecule has 0 saturated carbocycles. The highest BCUT2D eigenvalue weighted by molar-refractivity contribution is 8.77. The van der Waals surface area contributed by atoms with E-state index in [9.17, 15) is 19.2 Å². The number of hydrogen-bond acceptors (Lipinski definition) is 6. The summed E-state index contributed by atoms with van der Waals surface area (Å²) in [7, 11) is 3.75. The molecular weight excluding hydrogens is 368 g/mol. The lowest BCUT2D eigenvalue weighted by molar-refractivity contribution is -0.143. The van der Waals surface area contributed by atoms with Crippen LogP contribution in [0.3, 0.4) is 0 Å². The average molecular weight is 392 g/mol. The fourth-order valence-corrected chi connectivity index (χ4v) is 5.28. The van der Waals surface area contributed by atoms with Gasteiger partial charge >= 0.3 is 11.9 Å². The van der Waals surface area contributed by atoms with Crippen LogP contribution in [0.2, 0.25) is 0 Å². The van der Waals surface area contributed by atoms with E-state index in [0.29, 0.717) is 11.7 Å². The quantitative estimate of drug-likeness (QED) is 0.305. The van der Waals surface area contributed by atoms with Gasteiger partial charge in [-0.2, -0.15) is 0 Å². The summed E-state index contributed by atoms with van der Waals surface area (Å²) in [4.78, 5) is 45.6. The fraction of sp³-hybridized carbons (Fsp3) is 0.733. The van der Waals surface area contributed by atoms with Crippen molar-refractivity contribution in [2.45, 2.75) is 62.8 Å². The average Bonchev–Trinajstić information content (AvgIpc) is 3.03. The number of hydrogen-bond donors (Lipinski definition) is 4. The fourth-order valence-electron chi connectivity index (χ4n) is 2.25. The van der Waals surface area contributed by atoms with Crippen molar-refractivity contribution in [2.75, 3.05) is 5.75 Å². The molecule has 1 saturated heterocycles. The number of carboxylic acid groups (broad SMARTS) is 2. The maximum atomic E-state index is 12.0. The molecule has 0 aromatic heterocycles. The number of carbonyl (C=O) groups is 4. The van der Waals surface area contributed by atoms with Crippen molar-refractivity contribution in [1.82, 2.24) is 10.6 Å². The van der Waals surface area contributed by atoms with Gasteiger partial charge in [-0.15, -0.1) is 0 Å². The Morgan fingerprint density at radius 3 is 2.44 bits per heavy atom. The Labute approximate surface area is 154 Å². The van der Waals surface area contributed by atoms with E-state index >= 15 is 0 Å². The molecular formula is C15H24N2O6S2. The van der Waals surface area contributed by atoms with Gasteiger partial charge < -0.3 is 20.8 Å². The molecule has 3 atom stereocenters. The van der Waals surface area contributed by atoms with Crippen LogP contribution in [0, 0.1) is 0 Å². The Kier molecular flexibility index (Phi) is 9.73. The summed E-state index contributed by atoms with van der Waals surface area (Å²) < 4.78 is 0. The van der Waals surface area contributed by atoms with Gasteiger partial charge in [-0.05, 0) is 26.2 Å². The second-order valence-electron chi connectivity index (χ2n) is 5.86. The largest absolute Gasteiger partial charge is 0.481 e. The molecule has 1 rings (SSSR count). The first kappa shape index (κ1) is 21.6. The number of unbranched alkanes of at least 4 members (excludes halogenated alkanes) is 1. The van der Waals surface area contributed by atoms with Gasteiger partial charge in [0.25, 0.3) is 0 Å². The minimum absolute atomic E-state index is 0.211.